The topological polar surface area (TPSA) is 60.5 Å². The van der Waals surface area contributed by atoms with Crippen LogP contribution in [-0.4, -0.2) is 10.9 Å². The lowest BCUT2D eigenvalue weighted by atomic mass is 9.85. The first-order chi connectivity index (χ1) is 13.7. The van der Waals surface area contributed by atoms with Crippen LogP contribution in [0.5, 0.6) is 16.7 Å². The third kappa shape index (κ3) is 4.17. The van der Waals surface area contributed by atoms with Crippen molar-refractivity contribution in [2.24, 2.45) is 5.92 Å². The molecule has 1 heterocycles. The van der Waals surface area contributed by atoms with Crippen LogP contribution < -0.4 is 14.8 Å². The summed E-state index contributed by atoms with van der Waals surface area (Å²) in [6.07, 6.45) is 4.73. The van der Waals surface area contributed by atoms with Gasteiger partial charge in [0.05, 0.1) is 5.69 Å². The van der Waals surface area contributed by atoms with Crippen molar-refractivity contribution in [2.75, 3.05) is 5.32 Å². The minimum absolute atomic E-state index is 0.0591. The molecular formula is C22H22N2O3S. The van der Waals surface area contributed by atoms with E-state index in [-0.39, 0.29) is 11.8 Å². The van der Waals surface area contributed by atoms with E-state index in [1.54, 1.807) is 6.20 Å². The van der Waals surface area contributed by atoms with Crippen LogP contribution in [-0.2, 0) is 11.4 Å². The number of hydrogen-bond acceptors (Lipinski definition) is 5. The summed E-state index contributed by atoms with van der Waals surface area (Å²) in [6, 6.07) is 13.6. The molecule has 0 unspecified atom stereocenters. The van der Waals surface area contributed by atoms with Gasteiger partial charge in [0.2, 0.25) is 5.91 Å². The lowest BCUT2D eigenvalue weighted by Gasteiger charge is -2.25. The molecule has 0 saturated heterocycles. The molecule has 5 nitrogen and oxygen atoms in total. The Bertz CT molecular complexity index is 938. The van der Waals surface area contributed by atoms with Gasteiger partial charge < -0.3 is 14.8 Å². The summed E-state index contributed by atoms with van der Waals surface area (Å²) in [5, 5.41) is 5.48. The second-order valence-corrected chi connectivity index (χ2v) is 7.71. The van der Waals surface area contributed by atoms with Crippen LogP contribution >= 0.6 is 11.3 Å². The monoisotopic (exact) mass is 394 g/mol. The highest BCUT2D eigenvalue weighted by atomic mass is 32.1. The summed E-state index contributed by atoms with van der Waals surface area (Å²) in [4.78, 5) is 16.6. The van der Waals surface area contributed by atoms with Crippen molar-refractivity contribution < 1.29 is 14.3 Å². The summed E-state index contributed by atoms with van der Waals surface area (Å²) in [5.74, 6) is 1.46. The van der Waals surface area contributed by atoms with Gasteiger partial charge in [-0.25, -0.2) is 4.98 Å². The molecule has 0 bridgehead atoms. The van der Waals surface area contributed by atoms with E-state index in [0.717, 1.165) is 30.4 Å². The fourth-order valence-corrected chi connectivity index (χ4v) is 3.56. The van der Waals surface area contributed by atoms with Gasteiger partial charge in [-0.05, 0) is 37.5 Å². The highest BCUT2D eigenvalue weighted by Crippen LogP contribution is 2.39. The molecule has 1 fully saturated rings. The molecule has 144 valence electrons. The van der Waals surface area contributed by atoms with E-state index in [1.165, 1.54) is 11.3 Å². The Kier molecular flexibility index (Phi) is 5.58. The number of benzene rings is 2. The maximum atomic E-state index is 12.5. The zero-order valence-electron chi connectivity index (χ0n) is 15.7. The molecule has 6 heteroatoms. The molecule has 0 aliphatic heterocycles. The Morgan fingerprint density at radius 1 is 1.21 bits per heavy atom. The Morgan fingerprint density at radius 3 is 2.71 bits per heavy atom. The number of amides is 1. The van der Waals surface area contributed by atoms with Gasteiger partial charge in [-0.15, -0.1) is 0 Å². The van der Waals surface area contributed by atoms with Gasteiger partial charge in [-0.2, -0.15) is 0 Å². The summed E-state index contributed by atoms with van der Waals surface area (Å²) < 4.78 is 12.0. The number of anilines is 1. The predicted octanol–water partition coefficient (Wildman–Crippen LogP) is 5.56. The fraction of sp³-hybridized carbons (Fsp3) is 0.273. The fourth-order valence-electron chi connectivity index (χ4n) is 3.06. The SMILES string of the molecule is Cc1c(Oc2nccs2)ccc(NC(=O)C2CCC2)c1OCc1ccccc1. The Morgan fingerprint density at radius 2 is 2.04 bits per heavy atom. The normalized spacial score (nSPS) is 13.6. The first-order valence-corrected chi connectivity index (χ1v) is 10.3. The Hall–Kier alpha value is -2.86. The number of rotatable bonds is 7. The lowest BCUT2D eigenvalue weighted by molar-refractivity contribution is -0.122. The minimum Gasteiger partial charge on any atom is -0.486 e. The van der Waals surface area contributed by atoms with Gasteiger partial charge >= 0.3 is 0 Å². The van der Waals surface area contributed by atoms with E-state index < -0.39 is 0 Å². The standard InChI is InChI=1S/C22H22N2O3S/c1-15-19(27-22-23-12-13-28-22)11-10-18(24-21(25)17-8-5-9-17)20(15)26-14-16-6-3-2-4-7-16/h2-4,6-7,10-13,17H,5,8-9,14H2,1H3,(H,24,25). The Labute approximate surface area is 168 Å². The zero-order valence-corrected chi connectivity index (χ0v) is 16.5. The van der Waals surface area contributed by atoms with Gasteiger partial charge in [-0.1, -0.05) is 48.1 Å². The van der Waals surface area contributed by atoms with Crippen molar-refractivity contribution >= 4 is 22.9 Å². The second kappa shape index (κ2) is 8.44. The average molecular weight is 394 g/mol. The highest BCUT2D eigenvalue weighted by molar-refractivity contribution is 7.11. The van der Waals surface area contributed by atoms with E-state index in [1.807, 2.05) is 54.8 Å². The molecule has 1 aromatic heterocycles. The minimum atomic E-state index is 0.0591. The van der Waals surface area contributed by atoms with Crippen molar-refractivity contribution in [3.8, 4) is 16.7 Å². The van der Waals surface area contributed by atoms with Crippen LogP contribution in [0.3, 0.4) is 0 Å². The number of carbonyl (C=O) groups is 1. The first-order valence-electron chi connectivity index (χ1n) is 9.39. The smallest absolute Gasteiger partial charge is 0.278 e. The second-order valence-electron chi connectivity index (χ2n) is 6.86. The molecule has 1 aliphatic rings. The molecule has 1 aliphatic carbocycles. The third-order valence-corrected chi connectivity index (χ3v) is 5.57. The largest absolute Gasteiger partial charge is 0.486 e. The molecule has 0 radical (unpaired) electrons. The summed E-state index contributed by atoms with van der Waals surface area (Å²) >= 11 is 1.43. The number of aromatic nitrogens is 1. The summed E-state index contributed by atoms with van der Waals surface area (Å²) in [5.41, 5.74) is 2.57. The molecular weight excluding hydrogens is 372 g/mol. The number of nitrogens with zero attached hydrogens (tertiary/aromatic N) is 1. The molecule has 4 rings (SSSR count). The van der Waals surface area contributed by atoms with E-state index in [9.17, 15) is 4.79 Å². The van der Waals surface area contributed by atoms with Crippen molar-refractivity contribution in [3.63, 3.8) is 0 Å². The van der Waals surface area contributed by atoms with Gasteiger partial charge in [0, 0.05) is 23.1 Å². The quantitative estimate of drug-likeness (QED) is 0.570. The van der Waals surface area contributed by atoms with Crippen molar-refractivity contribution in [2.45, 2.75) is 32.8 Å². The average Bonchev–Trinajstić information content (AvgIpc) is 3.16. The van der Waals surface area contributed by atoms with E-state index in [0.29, 0.717) is 29.0 Å². The van der Waals surface area contributed by atoms with Crippen LogP contribution in [0.1, 0.15) is 30.4 Å². The van der Waals surface area contributed by atoms with E-state index >= 15 is 0 Å². The van der Waals surface area contributed by atoms with Crippen molar-refractivity contribution in [1.82, 2.24) is 4.98 Å². The summed E-state index contributed by atoms with van der Waals surface area (Å²) in [6.45, 7) is 2.34. The van der Waals surface area contributed by atoms with Crippen LogP contribution in [0.15, 0.2) is 54.0 Å². The molecule has 0 atom stereocenters. The molecule has 3 aromatic rings. The van der Waals surface area contributed by atoms with Crippen LogP contribution in [0.2, 0.25) is 0 Å². The molecule has 0 spiro atoms. The van der Waals surface area contributed by atoms with Crippen molar-refractivity contribution in [3.05, 3.63) is 65.2 Å². The summed E-state index contributed by atoms with van der Waals surface area (Å²) in [7, 11) is 0. The van der Waals surface area contributed by atoms with Crippen LogP contribution in [0, 0.1) is 12.8 Å². The molecule has 1 saturated carbocycles. The molecule has 1 N–H and O–H groups in total. The van der Waals surface area contributed by atoms with E-state index in [2.05, 4.69) is 10.3 Å². The van der Waals surface area contributed by atoms with Crippen molar-refractivity contribution in [1.29, 1.82) is 0 Å². The maximum Gasteiger partial charge on any atom is 0.278 e. The highest BCUT2D eigenvalue weighted by Gasteiger charge is 2.26. The molecule has 2 aromatic carbocycles. The van der Waals surface area contributed by atoms with Crippen LogP contribution in [0.25, 0.3) is 0 Å². The Balaban J connectivity index is 1.59. The van der Waals surface area contributed by atoms with Gasteiger partial charge in [0.15, 0.2) is 0 Å². The van der Waals surface area contributed by atoms with Gasteiger partial charge in [-0.3, -0.25) is 4.79 Å². The lowest BCUT2D eigenvalue weighted by Crippen LogP contribution is -2.28. The van der Waals surface area contributed by atoms with E-state index in [4.69, 9.17) is 9.47 Å². The predicted molar refractivity (Wildman–Crippen MR) is 110 cm³/mol. The maximum absolute atomic E-state index is 12.5. The number of ether oxygens (including phenoxy) is 2. The number of thiazole rings is 1. The zero-order chi connectivity index (χ0) is 19.3. The molecule has 28 heavy (non-hydrogen) atoms. The van der Waals surface area contributed by atoms with Gasteiger partial charge in [0.1, 0.15) is 18.1 Å². The molecule has 1 amide bonds. The first kappa shape index (κ1) is 18.5. The number of nitrogens with one attached hydrogen (secondary N) is 1. The number of carbonyl (C=O) groups excluding carboxylic acids is 1. The number of hydrogen-bond donors (Lipinski definition) is 1. The van der Waals surface area contributed by atoms with Gasteiger partial charge in [0.25, 0.3) is 5.19 Å². The third-order valence-electron chi connectivity index (χ3n) is 4.92. The van der Waals surface area contributed by atoms with Crippen LogP contribution in [0.4, 0.5) is 5.69 Å².